The fraction of sp³-hybridized carbons (Fsp3) is 0.571. The van der Waals surface area contributed by atoms with E-state index in [-0.39, 0.29) is 11.6 Å². The zero-order valence-electron chi connectivity index (χ0n) is 10.7. The van der Waals surface area contributed by atoms with Crippen LogP contribution in [0.4, 0.5) is 5.69 Å². The molecule has 1 N–H and O–H groups in total. The third-order valence-corrected chi connectivity index (χ3v) is 4.47. The van der Waals surface area contributed by atoms with Crippen molar-refractivity contribution in [2.24, 2.45) is 0 Å². The van der Waals surface area contributed by atoms with E-state index < -0.39 is 0 Å². The van der Waals surface area contributed by atoms with Gasteiger partial charge in [0.05, 0.1) is 6.10 Å². The van der Waals surface area contributed by atoms with Crippen molar-refractivity contribution in [2.45, 2.75) is 45.3 Å². The van der Waals surface area contributed by atoms with Gasteiger partial charge in [-0.1, -0.05) is 22.0 Å². The van der Waals surface area contributed by atoms with Gasteiger partial charge in [0.1, 0.15) is 0 Å². The van der Waals surface area contributed by atoms with Gasteiger partial charge >= 0.3 is 0 Å². The molecule has 1 fully saturated rings. The van der Waals surface area contributed by atoms with Crippen molar-refractivity contribution in [1.82, 2.24) is 0 Å². The summed E-state index contributed by atoms with van der Waals surface area (Å²) in [6, 6.07) is 6.48. The van der Waals surface area contributed by atoms with Crippen LogP contribution in [0.25, 0.3) is 0 Å². The Morgan fingerprint density at radius 1 is 1.41 bits per heavy atom. The summed E-state index contributed by atoms with van der Waals surface area (Å²) < 4.78 is 1.15. The Labute approximate surface area is 112 Å². The quantitative estimate of drug-likeness (QED) is 0.858. The van der Waals surface area contributed by atoms with E-state index in [0.29, 0.717) is 0 Å². The van der Waals surface area contributed by atoms with E-state index in [0.717, 1.165) is 23.9 Å². The molecule has 1 aromatic rings. The molecule has 2 nitrogen and oxygen atoms in total. The van der Waals surface area contributed by atoms with Crippen molar-refractivity contribution in [2.75, 3.05) is 11.4 Å². The molecule has 1 atom stereocenters. The van der Waals surface area contributed by atoms with Gasteiger partial charge in [-0.15, -0.1) is 0 Å². The summed E-state index contributed by atoms with van der Waals surface area (Å²) in [5.74, 6) is 0. The lowest BCUT2D eigenvalue weighted by molar-refractivity contribution is 0.107. The van der Waals surface area contributed by atoms with Crippen LogP contribution >= 0.6 is 15.9 Å². The van der Waals surface area contributed by atoms with E-state index in [1.54, 1.807) is 0 Å². The minimum absolute atomic E-state index is 0.0202. The first-order chi connectivity index (χ1) is 7.90. The Bertz CT molecular complexity index is 417. The SMILES string of the molecule is Cc1ccc(N2CCC(O)CC2(C)C)cc1Br. The first-order valence-electron chi connectivity index (χ1n) is 6.12. The lowest BCUT2D eigenvalue weighted by Crippen LogP contribution is -2.51. The molecule has 0 amide bonds. The topological polar surface area (TPSA) is 23.5 Å². The van der Waals surface area contributed by atoms with Crippen LogP contribution in [0.1, 0.15) is 32.3 Å². The number of anilines is 1. The zero-order chi connectivity index (χ0) is 12.6. The first kappa shape index (κ1) is 12.9. The molecule has 1 saturated heterocycles. The highest BCUT2D eigenvalue weighted by Gasteiger charge is 2.34. The Morgan fingerprint density at radius 2 is 2.12 bits per heavy atom. The highest BCUT2D eigenvalue weighted by atomic mass is 79.9. The van der Waals surface area contributed by atoms with Crippen molar-refractivity contribution in [3.8, 4) is 0 Å². The molecule has 0 bridgehead atoms. The Morgan fingerprint density at radius 3 is 2.71 bits per heavy atom. The average Bonchev–Trinajstić information content (AvgIpc) is 2.21. The van der Waals surface area contributed by atoms with Gasteiger partial charge in [-0.2, -0.15) is 0 Å². The fourth-order valence-electron chi connectivity index (χ4n) is 2.60. The summed E-state index contributed by atoms with van der Waals surface area (Å²) in [5.41, 5.74) is 2.51. The molecule has 1 aliphatic rings. The molecule has 3 heteroatoms. The van der Waals surface area contributed by atoms with Crippen LogP contribution in [-0.4, -0.2) is 23.3 Å². The van der Waals surface area contributed by atoms with Gasteiger partial charge in [0.2, 0.25) is 0 Å². The molecule has 0 radical (unpaired) electrons. The third kappa shape index (κ3) is 2.66. The van der Waals surface area contributed by atoms with Gasteiger partial charge in [-0.05, 0) is 51.3 Å². The van der Waals surface area contributed by atoms with Gasteiger partial charge in [0.25, 0.3) is 0 Å². The third-order valence-electron chi connectivity index (χ3n) is 3.62. The van der Waals surface area contributed by atoms with Crippen LogP contribution in [0.5, 0.6) is 0 Å². The van der Waals surface area contributed by atoms with Crippen molar-refractivity contribution in [1.29, 1.82) is 0 Å². The van der Waals surface area contributed by atoms with Crippen molar-refractivity contribution in [3.63, 3.8) is 0 Å². The predicted octanol–water partition coefficient (Wildman–Crippen LogP) is 3.50. The van der Waals surface area contributed by atoms with Crippen LogP contribution in [-0.2, 0) is 0 Å². The molecule has 0 aromatic heterocycles. The average molecular weight is 298 g/mol. The van der Waals surface area contributed by atoms with Crippen LogP contribution in [0, 0.1) is 6.92 Å². The molecule has 1 aliphatic heterocycles. The number of benzene rings is 1. The van der Waals surface area contributed by atoms with Crippen LogP contribution in [0.15, 0.2) is 22.7 Å². The maximum Gasteiger partial charge on any atom is 0.0579 e. The lowest BCUT2D eigenvalue weighted by atomic mass is 9.88. The van der Waals surface area contributed by atoms with E-state index in [9.17, 15) is 5.11 Å². The molecule has 0 aliphatic carbocycles. The fourth-order valence-corrected chi connectivity index (χ4v) is 2.96. The van der Waals surface area contributed by atoms with Gasteiger partial charge in [0.15, 0.2) is 0 Å². The van der Waals surface area contributed by atoms with E-state index >= 15 is 0 Å². The predicted molar refractivity (Wildman–Crippen MR) is 75.5 cm³/mol. The Kier molecular flexibility index (Phi) is 3.50. The minimum Gasteiger partial charge on any atom is -0.393 e. The highest BCUT2D eigenvalue weighted by Crippen LogP contribution is 2.34. The van der Waals surface area contributed by atoms with Gasteiger partial charge in [0, 0.05) is 22.2 Å². The summed E-state index contributed by atoms with van der Waals surface area (Å²) in [4.78, 5) is 2.39. The minimum atomic E-state index is -0.157. The Hall–Kier alpha value is -0.540. The van der Waals surface area contributed by atoms with Crippen molar-refractivity contribution in [3.05, 3.63) is 28.2 Å². The summed E-state index contributed by atoms with van der Waals surface area (Å²) >= 11 is 3.59. The number of nitrogens with zero attached hydrogens (tertiary/aromatic N) is 1. The molecule has 94 valence electrons. The molecule has 1 heterocycles. The Balaban J connectivity index is 2.29. The normalized spacial score (nSPS) is 23.8. The molecule has 1 unspecified atom stereocenters. The molecular weight excluding hydrogens is 278 g/mol. The zero-order valence-corrected chi connectivity index (χ0v) is 12.3. The number of rotatable bonds is 1. The summed E-state index contributed by atoms with van der Waals surface area (Å²) in [7, 11) is 0. The number of halogens is 1. The molecule has 0 saturated carbocycles. The smallest absolute Gasteiger partial charge is 0.0579 e. The number of hydrogen-bond donors (Lipinski definition) is 1. The summed E-state index contributed by atoms with van der Waals surface area (Å²) in [6.07, 6.45) is 1.53. The molecule has 17 heavy (non-hydrogen) atoms. The second-order valence-electron chi connectivity index (χ2n) is 5.54. The molecule has 2 rings (SSSR count). The highest BCUT2D eigenvalue weighted by molar-refractivity contribution is 9.10. The van der Waals surface area contributed by atoms with E-state index in [1.807, 2.05) is 0 Å². The van der Waals surface area contributed by atoms with Crippen molar-refractivity contribution < 1.29 is 5.11 Å². The standard InChI is InChI=1S/C14H20BrNO/c1-10-4-5-11(8-13(10)15)16-7-6-12(17)9-14(16,2)3/h4-5,8,12,17H,6-7,9H2,1-3H3. The lowest BCUT2D eigenvalue weighted by Gasteiger charge is -2.46. The van der Waals surface area contributed by atoms with E-state index in [4.69, 9.17) is 0 Å². The number of aryl methyl sites for hydroxylation is 1. The van der Waals surface area contributed by atoms with E-state index in [1.165, 1.54) is 11.3 Å². The maximum atomic E-state index is 9.77. The summed E-state index contributed by atoms with van der Waals surface area (Å²) in [5, 5.41) is 9.77. The molecular formula is C14H20BrNO. The second kappa shape index (κ2) is 4.62. The monoisotopic (exact) mass is 297 g/mol. The van der Waals surface area contributed by atoms with Gasteiger partial charge in [-0.25, -0.2) is 0 Å². The van der Waals surface area contributed by atoms with Gasteiger partial charge < -0.3 is 10.0 Å². The van der Waals surface area contributed by atoms with E-state index in [2.05, 4.69) is 59.8 Å². The number of aliphatic hydroxyl groups is 1. The number of aliphatic hydroxyl groups excluding tert-OH is 1. The van der Waals surface area contributed by atoms with Crippen molar-refractivity contribution >= 4 is 21.6 Å². The first-order valence-corrected chi connectivity index (χ1v) is 6.91. The molecule has 1 aromatic carbocycles. The second-order valence-corrected chi connectivity index (χ2v) is 6.40. The summed E-state index contributed by atoms with van der Waals surface area (Å²) in [6.45, 7) is 7.41. The largest absolute Gasteiger partial charge is 0.393 e. The van der Waals surface area contributed by atoms with Gasteiger partial charge in [-0.3, -0.25) is 0 Å². The molecule has 0 spiro atoms. The van der Waals surface area contributed by atoms with Crippen LogP contribution in [0.3, 0.4) is 0 Å². The van der Waals surface area contributed by atoms with Crippen LogP contribution < -0.4 is 4.90 Å². The number of piperidine rings is 1. The van der Waals surface area contributed by atoms with Crippen LogP contribution in [0.2, 0.25) is 0 Å². The number of hydrogen-bond acceptors (Lipinski definition) is 2. The maximum absolute atomic E-state index is 9.77.